The van der Waals surface area contributed by atoms with Crippen LogP contribution in [-0.4, -0.2) is 34.8 Å². The fourth-order valence-corrected chi connectivity index (χ4v) is 4.41. The quantitative estimate of drug-likeness (QED) is 0.643. The number of rotatable bonds is 3. The Morgan fingerprint density at radius 1 is 1.19 bits per heavy atom. The second kappa shape index (κ2) is 7.98. The fraction of sp³-hybridized carbons (Fsp3) is 0.304. The van der Waals surface area contributed by atoms with Gasteiger partial charge in [-0.3, -0.25) is 4.79 Å². The second-order valence-electron chi connectivity index (χ2n) is 8.25. The molecule has 2 heterocycles. The SMILES string of the molecule is Cc1c(N2CC[C@H](N)[C@H](C)C2)c(F)cc2c(=O)c(C(=O)O)cn(-c3ccc(F)cc3F)c12. The molecule has 4 rings (SSSR count). The number of carboxylic acids is 1. The van der Waals surface area contributed by atoms with E-state index in [2.05, 4.69) is 0 Å². The van der Waals surface area contributed by atoms with Crippen molar-refractivity contribution in [3.63, 3.8) is 0 Å². The molecule has 6 nitrogen and oxygen atoms in total. The van der Waals surface area contributed by atoms with Gasteiger partial charge >= 0.3 is 5.97 Å². The minimum absolute atomic E-state index is 0.0142. The normalized spacial score (nSPS) is 18.9. The number of hydrogen-bond donors (Lipinski definition) is 2. The Kier molecular flexibility index (Phi) is 5.46. The van der Waals surface area contributed by atoms with E-state index >= 15 is 4.39 Å². The van der Waals surface area contributed by atoms with Crippen molar-refractivity contribution in [3.05, 3.63) is 69.3 Å². The van der Waals surface area contributed by atoms with Gasteiger partial charge in [0.15, 0.2) is 0 Å². The standard InChI is InChI=1S/C23H22F3N3O3/c1-11-9-28(6-5-18(11)27)21-12(2)20-14(8-17(21)26)22(30)15(23(31)32)10-29(20)19-4-3-13(24)7-16(19)25/h3-4,7-8,10-11,18H,5-6,9,27H2,1-2H3,(H,31,32)/t11-,18+/m1/s1. The summed E-state index contributed by atoms with van der Waals surface area (Å²) in [5, 5.41) is 9.28. The van der Waals surface area contributed by atoms with Crippen molar-refractivity contribution in [1.29, 1.82) is 0 Å². The molecule has 1 aromatic heterocycles. The van der Waals surface area contributed by atoms with Crippen LogP contribution >= 0.6 is 0 Å². The first-order chi connectivity index (χ1) is 15.1. The number of carboxylic acid groups (broad SMARTS) is 1. The van der Waals surface area contributed by atoms with Gasteiger partial charge in [0.25, 0.3) is 0 Å². The van der Waals surface area contributed by atoms with Crippen LogP contribution in [0.25, 0.3) is 16.6 Å². The third kappa shape index (κ3) is 3.52. The van der Waals surface area contributed by atoms with E-state index in [1.54, 1.807) is 6.92 Å². The van der Waals surface area contributed by atoms with Gasteiger partial charge < -0.3 is 20.3 Å². The topological polar surface area (TPSA) is 88.6 Å². The number of aromatic nitrogens is 1. The Labute approximate surface area is 181 Å². The summed E-state index contributed by atoms with van der Waals surface area (Å²) in [6.07, 6.45) is 1.64. The maximum atomic E-state index is 15.3. The molecule has 0 bridgehead atoms. The third-order valence-electron chi connectivity index (χ3n) is 6.14. The molecular weight excluding hydrogens is 423 g/mol. The smallest absolute Gasteiger partial charge is 0.341 e. The van der Waals surface area contributed by atoms with Crippen molar-refractivity contribution in [1.82, 2.24) is 4.57 Å². The Bertz CT molecular complexity index is 1310. The van der Waals surface area contributed by atoms with E-state index < -0.39 is 34.4 Å². The number of fused-ring (bicyclic) bond motifs is 1. The number of benzene rings is 2. The number of piperidine rings is 1. The molecule has 0 amide bonds. The number of nitrogens with two attached hydrogens (primary N) is 1. The number of carbonyl (C=O) groups is 1. The summed E-state index contributed by atoms with van der Waals surface area (Å²) in [5.41, 5.74) is 5.15. The van der Waals surface area contributed by atoms with Gasteiger partial charge in [-0.15, -0.1) is 0 Å². The van der Waals surface area contributed by atoms with Gasteiger partial charge in [-0.1, -0.05) is 6.92 Å². The number of aryl methyl sites for hydroxylation is 1. The average Bonchev–Trinajstić information content (AvgIpc) is 2.71. The van der Waals surface area contributed by atoms with Crippen molar-refractivity contribution < 1.29 is 23.1 Å². The molecule has 0 spiro atoms. The molecule has 2 aromatic carbocycles. The van der Waals surface area contributed by atoms with Gasteiger partial charge in [0, 0.05) is 37.0 Å². The van der Waals surface area contributed by atoms with E-state index in [0.717, 1.165) is 24.4 Å². The van der Waals surface area contributed by atoms with Gasteiger partial charge in [-0.05, 0) is 37.5 Å². The molecule has 1 fully saturated rings. The van der Waals surface area contributed by atoms with E-state index in [1.807, 2.05) is 11.8 Å². The van der Waals surface area contributed by atoms with Crippen molar-refractivity contribution in [2.45, 2.75) is 26.3 Å². The molecule has 3 aromatic rings. The van der Waals surface area contributed by atoms with Crippen LogP contribution in [0.15, 0.2) is 35.3 Å². The maximum absolute atomic E-state index is 15.3. The predicted octanol–water partition coefficient (Wildman–Crippen LogP) is 3.59. The summed E-state index contributed by atoms with van der Waals surface area (Å²) in [7, 11) is 0. The van der Waals surface area contributed by atoms with E-state index in [4.69, 9.17) is 5.73 Å². The van der Waals surface area contributed by atoms with Crippen LogP contribution in [0.5, 0.6) is 0 Å². The van der Waals surface area contributed by atoms with Crippen LogP contribution in [0, 0.1) is 30.3 Å². The summed E-state index contributed by atoms with van der Waals surface area (Å²) in [6, 6.07) is 3.80. The van der Waals surface area contributed by atoms with E-state index in [0.29, 0.717) is 31.1 Å². The number of aromatic carboxylic acids is 1. The monoisotopic (exact) mass is 445 g/mol. The molecule has 0 radical (unpaired) electrons. The molecule has 0 aliphatic carbocycles. The Morgan fingerprint density at radius 2 is 1.91 bits per heavy atom. The van der Waals surface area contributed by atoms with E-state index in [9.17, 15) is 23.5 Å². The predicted molar refractivity (Wildman–Crippen MR) is 115 cm³/mol. The number of anilines is 1. The van der Waals surface area contributed by atoms with Crippen molar-refractivity contribution >= 4 is 22.6 Å². The van der Waals surface area contributed by atoms with Gasteiger partial charge in [0.1, 0.15) is 23.0 Å². The van der Waals surface area contributed by atoms with Crippen LogP contribution < -0.4 is 16.1 Å². The summed E-state index contributed by atoms with van der Waals surface area (Å²) in [6.45, 7) is 4.55. The van der Waals surface area contributed by atoms with Gasteiger partial charge in [0.05, 0.1) is 22.3 Å². The highest BCUT2D eigenvalue weighted by atomic mass is 19.1. The number of halogens is 3. The lowest BCUT2D eigenvalue weighted by molar-refractivity contribution is 0.0695. The zero-order valence-electron chi connectivity index (χ0n) is 17.5. The molecule has 3 N–H and O–H groups in total. The van der Waals surface area contributed by atoms with Crippen molar-refractivity contribution in [2.75, 3.05) is 18.0 Å². The lowest BCUT2D eigenvalue weighted by Crippen LogP contribution is -2.46. The Hall–Kier alpha value is -3.33. The highest BCUT2D eigenvalue weighted by Gasteiger charge is 2.28. The summed E-state index contributed by atoms with van der Waals surface area (Å²) in [5.74, 6) is -3.87. The van der Waals surface area contributed by atoms with Gasteiger partial charge in [0.2, 0.25) is 5.43 Å². The fourth-order valence-electron chi connectivity index (χ4n) is 4.41. The van der Waals surface area contributed by atoms with Crippen LogP contribution in [0.2, 0.25) is 0 Å². The van der Waals surface area contributed by atoms with E-state index in [-0.39, 0.29) is 34.2 Å². The minimum Gasteiger partial charge on any atom is -0.477 e. The van der Waals surface area contributed by atoms with Crippen LogP contribution in [0.1, 0.15) is 29.3 Å². The third-order valence-corrected chi connectivity index (χ3v) is 6.14. The molecule has 0 saturated carbocycles. The first-order valence-electron chi connectivity index (χ1n) is 10.2. The first kappa shape index (κ1) is 21.9. The molecule has 9 heteroatoms. The molecule has 2 atom stereocenters. The first-order valence-corrected chi connectivity index (χ1v) is 10.2. The molecular formula is C23H22F3N3O3. The van der Waals surface area contributed by atoms with Crippen LogP contribution in [0.4, 0.5) is 18.9 Å². The lowest BCUT2D eigenvalue weighted by Gasteiger charge is -2.37. The highest BCUT2D eigenvalue weighted by Crippen LogP contribution is 2.34. The average molecular weight is 445 g/mol. The molecule has 0 unspecified atom stereocenters. The second-order valence-corrected chi connectivity index (χ2v) is 8.25. The van der Waals surface area contributed by atoms with Crippen molar-refractivity contribution in [3.8, 4) is 5.69 Å². The number of pyridine rings is 1. The van der Waals surface area contributed by atoms with E-state index in [1.165, 1.54) is 4.57 Å². The van der Waals surface area contributed by atoms with Gasteiger partial charge in [-0.25, -0.2) is 18.0 Å². The molecule has 168 valence electrons. The lowest BCUT2D eigenvalue weighted by atomic mass is 9.93. The highest BCUT2D eigenvalue weighted by molar-refractivity contribution is 5.96. The zero-order chi connectivity index (χ0) is 23.3. The Morgan fingerprint density at radius 3 is 2.53 bits per heavy atom. The Balaban J connectivity index is 2.07. The van der Waals surface area contributed by atoms with Crippen molar-refractivity contribution in [2.24, 2.45) is 11.7 Å². The molecule has 1 aliphatic rings. The van der Waals surface area contributed by atoms with Crippen LogP contribution in [-0.2, 0) is 0 Å². The van der Waals surface area contributed by atoms with Crippen LogP contribution in [0.3, 0.4) is 0 Å². The minimum atomic E-state index is -1.53. The molecule has 1 saturated heterocycles. The molecule has 1 aliphatic heterocycles. The number of hydrogen-bond acceptors (Lipinski definition) is 4. The largest absolute Gasteiger partial charge is 0.477 e. The maximum Gasteiger partial charge on any atom is 0.341 e. The van der Waals surface area contributed by atoms with Gasteiger partial charge in [-0.2, -0.15) is 0 Å². The molecule has 32 heavy (non-hydrogen) atoms. The zero-order valence-corrected chi connectivity index (χ0v) is 17.5. The number of nitrogens with zero attached hydrogens (tertiary/aromatic N) is 2. The summed E-state index contributed by atoms with van der Waals surface area (Å²) in [4.78, 5) is 26.3. The summed E-state index contributed by atoms with van der Waals surface area (Å²) >= 11 is 0. The summed E-state index contributed by atoms with van der Waals surface area (Å²) < 4.78 is 44.6.